The summed E-state index contributed by atoms with van der Waals surface area (Å²) in [7, 11) is -3.82. The van der Waals surface area contributed by atoms with Crippen LogP contribution < -0.4 is 14.9 Å². The summed E-state index contributed by atoms with van der Waals surface area (Å²) in [5.74, 6) is -0.653. The van der Waals surface area contributed by atoms with Crippen LogP contribution in [-0.2, 0) is 21.2 Å². The van der Waals surface area contributed by atoms with Gasteiger partial charge in [-0.1, -0.05) is 18.2 Å². The summed E-state index contributed by atoms with van der Waals surface area (Å²) in [6, 6.07) is 19.1. The van der Waals surface area contributed by atoms with E-state index in [0.29, 0.717) is 5.69 Å². The highest BCUT2D eigenvalue weighted by atomic mass is 32.2. The SMILES string of the molecule is O=C(Cc1ccc(NS(=O)(=O)c2ccc(F)cc2)cc1)Nc1cccc(N2CCCCC2)c1. The molecule has 6 nitrogen and oxygen atoms in total. The number of carbonyl (C=O) groups excluding carboxylic acids is 1. The zero-order valence-corrected chi connectivity index (χ0v) is 18.9. The molecule has 1 heterocycles. The van der Waals surface area contributed by atoms with E-state index in [0.717, 1.165) is 42.2 Å². The van der Waals surface area contributed by atoms with Crippen LogP contribution in [0, 0.1) is 5.82 Å². The van der Waals surface area contributed by atoms with E-state index >= 15 is 0 Å². The molecule has 0 radical (unpaired) electrons. The van der Waals surface area contributed by atoms with Crippen LogP contribution in [0.25, 0.3) is 0 Å². The van der Waals surface area contributed by atoms with Crippen molar-refractivity contribution in [3.05, 3.63) is 84.2 Å². The number of benzene rings is 3. The van der Waals surface area contributed by atoms with E-state index in [4.69, 9.17) is 0 Å². The van der Waals surface area contributed by atoms with E-state index in [-0.39, 0.29) is 17.2 Å². The standard InChI is InChI=1S/C25H26FN3O3S/c26-20-9-13-24(14-10-20)33(31,32)28-21-11-7-19(8-12-21)17-25(30)27-22-5-4-6-23(18-22)29-15-2-1-3-16-29/h4-14,18,28H,1-3,15-17H2,(H,27,30). The summed E-state index contributed by atoms with van der Waals surface area (Å²) in [5.41, 5.74) is 2.99. The van der Waals surface area contributed by atoms with Gasteiger partial charge in [-0.3, -0.25) is 9.52 Å². The fraction of sp³-hybridized carbons (Fsp3) is 0.240. The van der Waals surface area contributed by atoms with Gasteiger partial charge < -0.3 is 10.2 Å². The minimum atomic E-state index is -3.82. The Bertz CT molecular complexity index is 1210. The van der Waals surface area contributed by atoms with Gasteiger partial charge in [0, 0.05) is 30.2 Å². The van der Waals surface area contributed by atoms with Gasteiger partial charge in [0.1, 0.15) is 5.82 Å². The minimum Gasteiger partial charge on any atom is -0.371 e. The smallest absolute Gasteiger partial charge is 0.261 e. The molecular weight excluding hydrogens is 441 g/mol. The van der Waals surface area contributed by atoms with Crippen LogP contribution in [0.2, 0.25) is 0 Å². The Morgan fingerprint density at radius 2 is 1.58 bits per heavy atom. The quantitative estimate of drug-likeness (QED) is 0.523. The average Bonchev–Trinajstić information content (AvgIpc) is 2.81. The number of amides is 1. The Morgan fingerprint density at radius 3 is 2.27 bits per heavy atom. The number of anilines is 3. The minimum absolute atomic E-state index is 0.0286. The number of nitrogens with zero attached hydrogens (tertiary/aromatic N) is 1. The maximum Gasteiger partial charge on any atom is 0.261 e. The van der Waals surface area contributed by atoms with Gasteiger partial charge in [0.2, 0.25) is 5.91 Å². The first-order chi connectivity index (χ1) is 15.9. The Morgan fingerprint density at radius 1 is 0.879 bits per heavy atom. The highest BCUT2D eigenvalue weighted by Crippen LogP contribution is 2.23. The second-order valence-electron chi connectivity index (χ2n) is 8.08. The monoisotopic (exact) mass is 467 g/mol. The number of hydrogen-bond donors (Lipinski definition) is 2. The number of piperidine rings is 1. The summed E-state index contributed by atoms with van der Waals surface area (Å²) in [5, 5.41) is 2.94. The van der Waals surface area contributed by atoms with Crippen molar-refractivity contribution in [3.8, 4) is 0 Å². The fourth-order valence-electron chi connectivity index (χ4n) is 3.84. The molecule has 33 heavy (non-hydrogen) atoms. The average molecular weight is 468 g/mol. The molecule has 3 aromatic carbocycles. The third kappa shape index (κ3) is 6.10. The van der Waals surface area contributed by atoms with Crippen LogP contribution in [0.1, 0.15) is 24.8 Å². The van der Waals surface area contributed by atoms with Crippen molar-refractivity contribution < 1.29 is 17.6 Å². The molecule has 0 bridgehead atoms. The summed E-state index contributed by atoms with van der Waals surface area (Å²) < 4.78 is 40.3. The molecule has 3 aromatic rings. The number of hydrogen-bond acceptors (Lipinski definition) is 4. The topological polar surface area (TPSA) is 78.5 Å². The van der Waals surface area contributed by atoms with Crippen LogP contribution in [-0.4, -0.2) is 27.4 Å². The lowest BCUT2D eigenvalue weighted by molar-refractivity contribution is -0.115. The van der Waals surface area contributed by atoms with E-state index < -0.39 is 15.8 Å². The number of carbonyl (C=O) groups is 1. The van der Waals surface area contributed by atoms with E-state index in [9.17, 15) is 17.6 Å². The molecule has 1 saturated heterocycles. The summed E-state index contributed by atoms with van der Waals surface area (Å²) in [6.45, 7) is 2.07. The van der Waals surface area contributed by atoms with Crippen molar-refractivity contribution in [2.45, 2.75) is 30.6 Å². The molecule has 0 atom stereocenters. The second kappa shape index (κ2) is 10.0. The predicted molar refractivity (Wildman–Crippen MR) is 128 cm³/mol. The van der Waals surface area contributed by atoms with Crippen molar-refractivity contribution in [3.63, 3.8) is 0 Å². The molecule has 0 unspecified atom stereocenters. The summed E-state index contributed by atoms with van der Waals surface area (Å²) >= 11 is 0. The zero-order valence-electron chi connectivity index (χ0n) is 18.1. The number of halogens is 1. The van der Waals surface area contributed by atoms with Crippen molar-refractivity contribution in [1.29, 1.82) is 0 Å². The second-order valence-corrected chi connectivity index (χ2v) is 9.76. The van der Waals surface area contributed by atoms with Gasteiger partial charge in [0.25, 0.3) is 10.0 Å². The molecule has 0 aromatic heterocycles. The first-order valence-electron chi connectivity index (χ1n) is 10.9. The molecule has 1 amide bonds. The van der Waals surface area contributed by atoms with Gasteiger partial charge in [-0.2, -0.15) is 0 Å². The van der Waals surface area contributed by atoms with Gasteiger partial charge in [0.05, 0.1) is 11.3 Å². The lowest BCUT2D eigenvalue weighted by Crippen LogP contribution is -2.29. The normalized spacial score (nSPS) is 14.0. The Kier molecular flexibility index (Phi) is 6.93. The Balaban J connectivity index is 1.35. The lowest BCUT2D eigenvalue weighted by Gasteiger charge is -2.29. The maximum atomic E-state index is 13.0. The van der Waals surface area contributed by atoms with Crippen LogP contribution >= 0.6 is 0 Å². The van der Waals surface area contributed by atoms with Crippen molar-refractivity contribution in [2.75, 3.05) is 28.0 Å². The first-order valence-corrected chi connectivity index (χ1v) is 12.4. The van der Waals surface area contributed by atoms with E-state index in [1.807, 2.05) is 18.2 Å². The van der Waals surface area contributed by atoms with E-state index in [1.54, 1.807) is 24.3 Å². The molecule has 0 spiro atoms. The van der Waals surface area contributed by atoms with Crippen LogP contribution in [0.3, 0.4) is 0 Å². The predicted octanol–water partition coefficient (Wildman–Crippen LogP) is 4.80. The largest absolute Gasteiger partial charge is 0.371 e. The van der Waals surface area contributed by atoms with E-state index in [1.165, 1.54) is 31.4 Å². The van der Waals surface area contributed by atoms with Crippen LogP contribution in [0.5, 0.6) is 0 Å². The molecule has 172 valence electrons. The highest BCUT2D eigenvalue weighted by Gasteiger charge is 2.15. The Labute approximate surface area is 193 Å². The zero-order chi connectivity index (χ0) is 23.3. The number of sulfonamides is 1. The van der Waals surface area contributed by atoms with Crippen molar-refractivity contribution in [1.82, 2.24) is 0 Å². The Hall–Kier alpha value is -3.39. The summed E-state index contributed by atoms with van der Waals surface area (Å²) in [6.07, 6.45) is 3.80. The van der Waals surface area contributed by atoms with Crippen LogP contribution in [0.15, 0.2) is 77.7 Å². The summed E-state index contributed by atoms with van der Waals surface area (Å²) in [4.78, 5) is 14.8. The molecule has 1 fully saturated rings. The van der Waals surface area contributed by atoms with Gasteiger partial charge in [-0.05, 0) is 79.4 Å². The third-order valence-electron chi connectivity index (χ3n) is 5.55. The number of rotatable bonds is 7. The molecule has 0 aliphatic carbocycles. The van der Waals surface area contributed by atoms with Crippen molar-refractivity contribution >= 4 is 33.0 Å². The molecule has 1 aliphatic heterocycles. The van der Waals surface area contributed by atoms with E-state index in [2.05, 4.69) is 21.0 Å². The fourth-order valence-corrected chi connectivity index (χ4v) is 4.90. The third-order valence-corrected chi connectivity index (χ3v) is 6.94. The molecule has 2 N–H and O–H groups in total. The van der Waals surface area contributed by atoms with Gasteiger partial charge in [-0.15, -0.1) is 0 Å². The van der Waals surface area contributed by atoms with Crippen molar-refractivity contribution in [2.24, 2.45) is 0 Å². The van der Waals surface area contributed by atoms with Gasteiger partial charge >= 0.3 is 0 Å². The van der Waals surface area contributed by atoms with Gasteiger partial charge in [-0.25, -0.2) is 12.8 Å². The first kappa shape index (κ1) is 22.8. The lowest BCUT2D eigenvalue weighted by atomic mass is 10.1. The molecular formula is C25H26FN3O3S. The van der Waals surface area contributed by atoms with Gasteiger partial charge in [0.15, 0.2) is 0 Å². The maximum absolute atomic E-state index is 13.0. The molecule has 8 heteroatoms. The number of nitrogens with one attached hydrogen (secondary N) is 2. The highest BCUT2D eigenvalue weighted by molar-refractivity contribution is 7.92. The molecule has 0 saturated carbocycles. The molecule has 1 aliphatic rings. The molecule has 4 rings (SSSR count). The van der Waals surface area contributed by atoms with Crippen LogP contribution in [0.4, 0.5) is 21.5 Å².